The van der Waals surface area contributed by atoms with Crippen molar-refractivity contribution in [3.8, 4) is 0 Å². The predicted octanol–water partition coefficient (Wildman–Crippen LogP) is 6.78. The van der Waals surface area contributed by atoms with Gasteiger partial charge < -0.3 is 8.80 Å². The van der Waals surface area contributed by atoms with Crippen molar-refractivity contribution in [1.29, 1.82) is 0 Å². The van der Waals surface area contributed by atoms with Crippen molar-refractivity contribution in [3.05, 3.63) is 85.2 Å². The number of rotatable bonds is 0. The average molecular weight is 406 g/mol. The monoisotopic (exact) mass is 406 g/mol. The molecule has 0 saturated carbocycles. The first-order valence-electron chi connectivity index (χ1n) is 10.9. The Morgan fingerprint density at radius 1 is 0.438 bits per heavy atom. The van der Waals surface area contributed by atoms with Gasteiger partial charge in [0.15, 0.2) is 0 Å². The lowest BCUT2D eigenvalue weighted by molar-refractivity contribution is 1.35. The van der Waals surface area contributed by atoms with Crippen LogP contribution in [0.3, 0.4) is 0 Å². The fraction of sp³-hybridized carbons (Fsp3) is 0. The molecule has 0 aliphatic carbocycles. The third-order valence-corrected chi connectivity index (χ3v) is 7.27. The molecule has 0 aliphatic heterocycles. The van der Waals surface area contributed by atoms with Crippen LogP contribution in [0.15, 0.2) is 85.2 Å². The van der Waals surface area contributed by atoms with Crippen LogP contribution in [0.25, 0.3) is 76.5 Å². The molecule has 6 heterocycles. The normalized spacial score (nSPS) is 13.0. The van der Waals surface area contributed by atoms with Crippen molar-refractivity contribution in [3.63, 3.8) is 0 Å². The van der Waals surface area contributed by atoms with Crippen LogP contribution in [0.1, 0.15) is 0 Å². The molecule has 0 saturated heterocycles. The van der Waals surface area contributed by atoms with E-state index in [1.54, 1.807) is 0 Å². The van der Waals surface area contributed by atoms with E-state index >= 15 is 0 Å². The van der Waals surface area contributed by atoms with Gasteiger partial charge in [0.05, 0.1) is 44.1 Å². The standard InChI is InChI=1S/C28H14N4/c1-3-7-21-15(5-1)17-9-11-29-25-19-14-24-20(13-23(19)31(21)27(17)25)26-28-18(10-12-30-26)16-6-2-4-8-22(16)32(24)28/h1-14H. The first-order valence-corrected chi connectivity index (χ1v) is 10.9. The number of pyridine rings is 2. The van der Waals surface area contributed by atoms with Crippen LogP contribution in [-0.4, -0.2) is 18.8 Å². The van der Waals surface area contributed by atoms with Gasteiger partial charge in [-0.3, -0.25) is 9.97 Å². The quantitative estimate of drug-likeness (QED) is 0.278. The van der Waals surface area contributed by atoms with E-state index in [0.29, 0.717) is 0 Å². The largest absolute Gasteiger partial charge is 0.306 e. The summed E-state index contributed by atoms with van der Waals surface area (Å²) in [4.78, 5) is 9.68. The van der Waals surface area contributed by atoms with Crippen LogP contribution in [0.4, 0.5) is 0 Å². The van der Waals surface area contributed by atoms with Gasteiger partial charge in [0.1, 0.15) is 0 Å². The highest BCUT2D eigenvalue weighted by molar-refractivity contribution is 6.27. The average Bonchev–Trinajstić information content (AvgIpc) is 3.56. The fourth-order valence-electron chi connectivity index (χ4n) is 6.05. The van der Waals surface area contributed by atoms with E-state index in [1.807, 2.05) is 12.4 Å². The second-order valence-electron chi connectivity index (χ2n) is 8.70. The molecular formula is C28H14N4. The molecule has 9 aromatic rings. The van der Waals surface area contributed by atoms with Crippen LogP contribution in [0, 0.1) is 0 Å². The molecule has 146 valence electrons. The second-order valence-corrected chi connectivity index (χ2v) is 8.70. The lowest BCUT2D eigenvalue weighted by atomic mass is 10.1. The summed E-state index contributed by atoms with van der Waals surface area (Å²) in [5, 5.41) is 7.44. The zero-order valence-corrected chi connectivity index (χ0v) is 16.9. The third-order valence-electron chi connectivity index (χ3n) is 7.27. The van der Waals surface area contributed by atoms with Crippen molar-refractivity contribution in [1.82, 2.24) is 18.8 Å². The van der Waals surface area contributed by atoms with Gasteiger partial charge in [0.25, 0.3) is 0 Å². The van der Waals surface area contributed by atoms with Gasteiger partial charge in [-0.2, -0.15) is 0 Å². The second kappa shape index (κ2) is 4.89. The molecule has 3 aromatic carbocycles. The maximum Gasteiger partial charge on any atom is 0.0970 e. The lowest BCUT2D eigenvalue weighted by Crippen LogP contribution is -1.83. The zero-order valence-electron chi connectivity index (χ0n) is 16.9. The summed E-state index contributed by atoms with van der Waals surface area (Å²) in [6, 6.07) is 26.2. The summed E-state index contributed by atoms with van der Waals surface area (Å²) in [6.45, 7) is 0. The van der Waals surface area contributed by atoms with Crippen LogP contribution in [-0.2, 0) is 0 Å². The number of benzene rings is 3. The maximum absolute atomic E-state index is 4.84. The van der Waals surface area contributed by atoms with Gasteiger partial charge in [-0.1, -0.05) is 36.4 Å². The molecule has 0 aliphatic rings. The summed E-state index contributed by atoms with van der Waals surface area (Å²) in [5.74, 6) is 0. The minimum atomic E-state index is 1.06. The predicted molar refractivity (Wildman–Crippen MR) is 131 cm³/mol. The topological polar surface area (TPSA) is 34.6 Å². The van der Waals surface area contributed by atoms with E-state index in [-0.39, 0.29) is 0 Å². The summed E-state index contributed by atoms with van der Waals surface area (Å²) < 4.78 is 4.77. The van der Waals surface area contributed by atoms with Gasteiger partial charge in [0.2, 0.25) is 0 Å². The number of aromatic nitrogens is 4. The molecule has 0 fully saturated rings. The smallest absolute Gasteiger partial charge is 0.0970 e. The van der Waals surface area contributed by atoms with Crippen molar-refractivity contribution >= 4 is 76.5 Å². The molecule has 0 radical (unpaired) electrons. The van der Waals surface area contributed by atoms with E-state index in [1.165, 1.54) is 65.4 Å². The Bertz CT molecular complexity index is 2040. The van der Waals surface area contributed by atoms with Crippen molar-refractivity contribution in [2.75, 3.05) is 0 Å². The minimum Gasteiger partial charge on any atom is -0.306 e. The molecule has 0 amide bonds. The highest BCUT2D eigenvalue weighted by Gasteiger charge is 2.22. The number of fused-ring (bicyclic) bond motifs is 12. The molecular weight excluding hydrogens is 392 g/mol. The van der Waals surface area contributed by atoms with Crippen LogP contribution in [0.5, 0.6) is 0 Å². The van der Waals surface area contributed by atoms with Crippen LogP contribution < -0.4 is 0 Å². The number of hydrogen-bond acceptors (Lipinski definition) is 2. The van der Waals surface area contributed by atoms with E-state index in [0.717, 1.165) is 11.0 Å². The van der Waals surface area contributed by atoms with Gasteiger partial charge in [-0.05, 0) is 36.4 Å². The molecule has 9 rings (SSSR count). The molecule has 0 atom stereocenters. The molecule has 0 N–H and O–H groups in total. The van der Waals surface area contributed by atoms with Gasteiger partial charge in [-0.25, -0.2) is 0 Å². The van der Waals surface area contributed by atoms with Crippen molar-refractivity contribution < 1.29 is 0 Å². The van der Waals surface area contributed by atoms with E-state index < -0.39 is 0 Å². The maximum atomic E-state index is 4.84. The SMILES string of the molecule is c1ccc2c(c1)c1ccnc3c4cc5c(cc4n2c13)c1nccc2c3ccccc3n5c21. The Morgan fingerprint density at radius 3 is 1.41 bits per heavy atom. The van der Waals surface area contributed by atoms with Gasteiger partial charge in [-0.15, -0.1) is 0 Å². The van der Waals surface area contributed by atoms with Crippen molar-refractivity contribution in [2.45, 2.75) is 0 Å². The first-order chi connectivity index (χ1) is 15.9. The first kappa shape index (κ1) is 15.4. The van der Waals surface area contributed by atoms with Gasteiger partial charge in [0, 0.05) is 44.7 Å². The number of hydrogen-bond donors (Lipinski definition) is 0. The fourth-order valence-corrected chi connectivity index (χ4v) is 6.05. The number of para-hydroxylation sites is 2. The molecule has 6 aromatic heterocycles. The highest BCUT2D eigenvalue weighted by Crippen LogP contribution is 2.43. The molecule has 4 heteroatoms. The Hall–Kier alpha value is -4.44. The Labute approximate surface area is 180 Å². The van der Waals surface area contributed by atoms with Gasteiger partial charge >= 0.3 is 0 Å². The lowest BCUT2D eigenvalue weighted by Gasteiger charge is -2.00. The van der Waals surface area contributed by atoms with E-state index in [2.05, 4.69) is 81.6 Å². The molecule has 0 spiro atoms. The van der Waals surface area contributed by atoms with Crippen molar-refractivity contribution in [2.24, 2.45) is 0 Å². The zero-order chi connectivity index (χ0) is 20.6. The summed E-state index contributed by atoms with van der Waals surface area (Å²) >= 11 is 0. The van der Waals surface area contributed by atoms with E-state index in [9.17, 15) is 0 Å². The number of nitrogens with zero attached hydrogens (tertiary/aromatic N) is 4. The minimum absolute atomic E-state index is 1.06. The molecule has 32 heavy (non-hydrogen) atoms. The van der Waals surface area contributed by atoms with Crippen LogP contribution in [0.2, 0.25) is 0 Å². The summed E-state index contributed by atoms with van der Waals surface area (Å²) in [7, 11) is 0. The molecule has 0 bridgehead atoms. The molecule has 0 unspecified atom stereocenters. The van der Waals surface area contributed by atoms with Crippen LogP contribution >= 0.6 is 0 Å². The third kappa shape index (κ3) is 1.49. The molecule has 4 nitrogen and oxygen atoms in total. The summed E-state index contributed by atoms with van der Waals surface area (Å²) in [5.41, 5.74) is 9.37. The Morgan fingerprint density at radius 2 is 0.906 bits per heavy atom. The Kier molecular flexibility index (Phi) is 2.35. The highest BCUT2D eigenvalue weighted by atomic mass is 15.0. The van der Waals surface area contributed by atoms with E-state index in [4.69, 9.17) is 9.97 Å². The summed E-state index contributed by atoms with van der Waals surface area (Å²) in [6.07, 6.45) is 3.88. The Balaban J connectivity index is 1.63.